The lowest BCUT2D eigenvalue weighted by molar-refractivity contribution is 0.0952. The summed E-state index contributed by atoms with van der Waals surface area (Å²) in [6.07, 6.45) is 3.00. The molecule has 1 nitrogen and oxygen atoms in total. The highest BCUT2D eigenvalue weighted by Crippen LogP contribution is 2.41. The van der Waals surface area contributed by atoms with Gasteiger partial charge in [-0.15, -0.1) is 11.3 Å². The molecule has 3 heteroatoms. The number of alkyl halides is 1. The quantitative estimate of drug-likeness (QED) is 0.762. The summed E-state index contributed by atoms with van der Waals surface area (Å²) in [6.45, 7) is 2.01. The molecule has 0 bridgehead atoms. The van der Waals surface area contributed by atoms with Gasteiger partial charge in [-0.25, -0.2) is 4.39 Å². The SMILES string of the molecule is Cc1cc(C2(F)CCCC(N)C2)cs1. The molecule has 1 saturated carbocycles. The van der Waals surface area contributed by atoms with E-state index in [0.29, 0.717) is 12.8 Å². The second kappa shape index (κ2) is 3.63. The van der Waals surface area contributed by atoms with Crippen LogP contribution in [-0.2, 0) is 5.67 Å². The summed E-state index contributed by atoms with van der Waals surface area (Å²) in [4.78, 5) is 1.18. The van der Waals surface area contributed by atoms with Crippen molar-refractivity contribution in [2.45, 2.75) is 44.3 Å². The van der Waals surface area contributed by atoms with E-state index in [9.17, 15) is 4.39 Å². The van der Waals surface area contributed by atoms with Crippen LogP contribution in [0.4, 0.5) is 4.39 Å². The second-order valence-electron chi connectivity index (χ2n) is 4.27. The Hall–Kier alpha value is -0.410. The molecule has 1 fully saturated rings. The molecule has 0 saturated heterocycles. The lowest BCUT2D eigenvalue weighted by atomic mass is 9.80. The van der Waals surface area contributed by atoms with Gasteiger partial charge in [0.1, 0.15) is 5.67 Å². The lowest BCUT2D eigenvalue weighted by Crippen LogP contribution is -2.35. The van der Waals surface area contributed by atoms with Gasteiger partial charge < -0.3 is 5.73 Å². The summed E-state index contributed by atoms with van der Waals surface area (Å²) in [5.41, 5.74) is 5.51. The van der Waals surface area contributed by atoms with Crippen molar-refractivity contribution in [1.82, 2.24) is 0 Å². The fourth-order valence-corrected chi connectivity index (χ4v) is 2.99. The van der Waals surface area contributed by atoms with Gasteiger partial charge in [-0.05, 0) is 37.6 Å². The standard InChI is InChI=1S/C11H16FNS/c1-8-5-9(7-14-8)11(12)4-2-3-10(13)6-11/h5,7,10H,2-4,6,13H2,1H3. The average Bonchev–Trinajstić information content (AvgIpc) is 2.52. The number of aryl methyl sites for hydroxylation is 1. The van der Waals surface area contributed by atoms with Crippen molar-refractivity contribution >= 4 is 11.3 Å². The van der Waals surface area contributed by atoms with E-state index in [2.05, 4.69) is 0 Å². The molecule has 0 aromatic carbocycles. The van der Waals surface area contributed by atoms with Gasteiger partial charge in [-0.2, -0.15) is 0 Å². The van der Waals surface area contributed by atoms with Crippen LogP contribution >= 0.6 is 11.3 Å². The van der Waals surface area contributed by atoms with Gasteiger partial charge in [0.05, 0.1) is 0 Å². The van der Waals surface area contributed by atoms with E-state index in [0.717, 1.165) is 18.4 Å². The molecule has 1 aliphatic carbocycles. The Bertz CT molecular complexity index is 323. The predicted octanol–water partition coefficient (Wildman–Crippen LogP) is 3.12. The van der Waals surface area contributed by atoms with Crippen molar-refractivity contribution in [3.8, 4) is 0 Å². The lowest BCUT2D eigenvalue weighted by Gasteiger charge is -2.32. The zero-order valence-electron chi connectivity index (χ0n) is 8.42. The number of rotatable bonds is 1. The van der Waals surface area contributed by atoms with Crippen LogP contribution in [0.15, 0.2) is 11.4 Å². The highest BCUT2D eigenvalue weighted by Gasteiger charge is 2.37. The molecule has 78 valence electrons. The first kappa shape index (κ1) is 10.1. The minimum absolute atomic E-state index is 0.0361. The number of thiophene rings is 1. The molecule has 0 aliphatic heterocycles. The van der Waals surface area contributed by atoms with E-state index in [1.807, 2.05) is 18.4 Å². The van der Waals surface area contributed by atoms with Gasteiger partial charge in [0.15, 0.2) is 0 Å². The minimum atomic E-state index is -1.15. The monoisotopic (exact) mass is 213 g/mol. The molecule has 14 heavy (non-hydrogen) atoms. The third kappa shape index (κ3) is 1.84. The first-order valence-corrected chi connectivity index (χ1v) is 5.98. The van der Waals surface area contributed by atoms with Crippen LogP contribution < -0.4 is 5.73 Å². The molecule has 2 rings (SSSR count). The molecule has 2 N–H and O–H groups in total. The molecular formula is C11H16FNS. The van der Waals surface area contributed by atoms with Crippen molar-refractivity contribution < 1.29 is 4.39 Å². The average molecular weight is 213 g/mol. The number of nitrogens with two attached hydrogens (primary N) is 1. The molecule has 1 aromatic heterocycles. The van der Waals surface area contributed by atoms with Crippen molar-refractivity contribution in [3.05, 3.63) is 21.9 Å². The summed E-state index contributed by atoms with van der Waals surface area (Å²) < 4.78 is 14.5. The molecule has 1 heterocycles. The zero-order valence-corrected chi connectivity index (χ0v) is 9.24. The van der Waals surface area contributed by atoms with Gasteiger partial charge in [0.25, 0.3) is 0 Å². The molecule has 2 unspecified atom stereocenters. The summed E-state index contributed by atoms with van der Waals surface area (Å²) >= 11 is 1.62. The summed E-state index contributed by atoms with van der Waals surface area (Å²) in [5.74, 6) is 0. The second-order valence-corrected chi connectivity index (χ2v) is 5.38. The minimum Gasteiger partial charge on any atom is -0.328 e. The number of hydrogen-bond donors (Lipinski definition) is 1. The van der Waals surface area contributed by atoms with Crippen LogP contribution in [0.25, 0.3) is 0 Å². The molecule has 1 aliphatic rings. The fraction of sp³-hybridized carbons (Fsp3) is 0.636. The van der Waals surface area contributed by atoms with Crippen LogP contribution in [0.1, 0.15) is 36.1 Å². The van der Waals surface area contributed by atoms with Crippen molar-refractivity contribution in [1.29, 1.82) is 0 Å². The molecular weight excluding hydrogens is 197 g/mol. The van der Waals surface area contributed by atoms with Crippen LogP contribution in [0.3, 0.4) is 0 Å². The van der Waals surface area contributed by atoms with E-state index < -0.39 is 5.67 Å². The number of halogens is 1. The van der Waals surface area contributed by atoms with Gasteiger partial charge in [0, 0.05) is 22.9 Å². The highest BCUT2D eigenvalue weighted by molar-refractivity contribution is 7.10. The predicted molar refractivity (Wildman–Crippen MR) is 58.3 cm³/mol. The summed E-state index contributed by atoms with van der Waals surface area (Å²) in [6, 6.07) is 2.00. The summed E-state index contributed by atoms with van der Waals surface area (Å²) in [5, 5.41) is 1.94. The maximum absolute atomic E-state index is 14.5. The molecule has 0 radical (unpaired) electrons. The largest absolute Gasteiger partial charge is 0.328 e. The Morgan fingerprint density at radius 3 is 3.00 bits per heavy atom. The van der Waals surface area contributed by atoms with Crippen molar-refractivity contribution in [2.75, 3.05) is 0 Å². The van der Waals surface area contributed by atoms with E-state index in [1.54, 1.807) is 11.3 Å². The third-order valence-corrected chi connectivity index (χ3v) is 3.84. The van der Waals surface area contributed by atoms with E-state index >= 15 is 0 Å². The highest BCUT2D eigenvalue weighted by atomic mass is 32.1. The molecule has 2 atom stereocenters. The third-order valence-electron chi connectivity index (χ3n) is 2.98. The first-order chi connectivity index (χ1) is 6.60. The Labute approximate surface area is 88.1 Å². The molecule has 0 spiro atoms. The maximum atomic E-state index is 14.5. The van der Waals surface area contributed by atoms with Gasteiger partial charge in [0.2, 0.25) is 0 Å². The summed E-state index contributed by atoms with van der Waals surface area (Å²) in [7, 11) is 0. The Morgan fingerprint density at radius 2 is 2.43 bits per heavy atom. The van der Waals surface area contributed by atoms with Crippen LogP contribution in [0, 0.1) is 6.92 Å². The van der Waals surface area contributed by atoms with Crippen LogP contribution in [0.5, 0.6) is 0 Å². The van der Waals surface area contributed by atoms with E-state index in [4.69, 9.17) is 5.73 Å². The van der Waals surface area contributed by atoms with Gasteiger partial charge >= 0.3 is 0 Å². The maximum Gasteiger partial charge on any atom is 0.138 e. The van der Waals surface area contributed by atoms with Crippen molar-refractivity contribution in [2.24, 2.45) is 5.73 Å². The molecule has 1 aromatic rings. The zero-order chi connectivity index (χ0) is 10.2. The van der Waals surface area contributed by atoms with Crippen LogP contribution in [-0.4, -0.2) is 6.04 Å². The van der Waals surface area contributed by atoms with E-state index in [1.165, 1.54) is 4.88 Å². The van der Waals surface area contributed by atoms with E-state index in [-0.39, 0.29) is 6.04 Å². The molecule has 0 amide bonds. The van der Waals surface area contributed by atoms with Crippen LogP contribution in [0.2, 0.25) is 0 Å². The Kier molecular flexibility index (Phi) is 2.62. The normalized spacial score (nSPS) is 33.2. The van der Waals surface area contributed by atoms with Crippen molar-refractivity contribution in [3.63, 3.8) is 0 Å². The van der Waals surface area contributed by atoms with Gasteiger partial charge in [-0.3, -0.25) is 0 Å². The fourth-order valence-electron chi connectivity index (χ4n) is 2.20. The Balaban J connectivity index is 2.22. The topological polar surface area (TPSA) is 26.0 Å². The Morgan fingerprint density at radius 1 is 1.64 bits per heavy atom. The van der Waals surface area contributed by atoms with Gasteiger partial charge in [-0.1, -0.05) is 0 Å². The smallest absolute Gasteiger partial charge is 0.138 e. The first-order valence-electron chi connectivity index (χ1n) is 5.10. The number of hydrogen-bond acceptors (Lipinski definition) is 2.